The predicted octanol–water partition coefficient (Wildman–Crippen LogP) is 3.35. The third-order valence-electron chi connectivity index (χ3n) is 5.11. The Hall–Kier alpha value is -1.06. The molecule has 1 saturated carbocycles. The zero-order valence-electron chi connectivity index (χ0n) is 12.5. The van der Waals surface area contributed by atoms with Gasteiger partial charge in [0.2, 0.25) is 0 Å². The average Bonchev–Trinajstić information content (AvgIpc) is 2.45. The van der Waals surface area contributed by atoms with Gasteiger partial charge in [-0.2, -0.15) is 0 Å². The van der Waals surface area contributed by atoms with E-state index >= 15 is 0 Å². The molecule has 1 aliphatic heterocycles. The molecule has 1 aromatic rings. The Balaban J connectivity index is 1.74. The van der Waals surface area contributed by atoms with Gasteiger partial charge in [-0.15, -0.1) is 0 Å². The Morgan fingerprint density at radius 1 is 1.40 bits per heavy atom. The molecule has 110 valence electrons. The van der Waals surface area contributed by atoms with E-state index in [2.05, 4.69) is 19.1 Å². The number of ether oxygens (including phenoxy) is 2. The molecular weight excluding hydrogens is 250 g/mol. The fraction of sp³-hybridized carbons (Fsp3) is 0.647. The first-order valence-corrected chi connectivity index (χ1v) is 7.68. The summed E-state index contributed by atoms with van der Waals surface area (Å²) in [6.45, 7) is 2.94. The van der Waals surface area contributed by atoms with Crippen molar-refractivity contribution in [2.45, 2.75) is 50.7 Å². The van der Waals surface area contributed by atoms with Crippen LogP contribution in [-0.2, 0) is 4.74 Å². The van der Waals surface area contributed by atoms with Crippen molar-refractivity contribution in [3.05, 3.63) is 29.3 Å². The summed E-state index contributed by atoms with van der Waals surface area (Å²) in [4.78, 5) is 0. The number of rotatable bonds is 3. The van der Waals surface area contributed by atoms with Crippen LogP contribution in [-0.4, -0.2) is 19.3 Å². The zero-order chi connectivity index (χ0) is 14.2. The number of aryl methyl sites for hydroxylation is 1. The van der Waals surface area contributed by atoms with Crippen LogP contribution in [0.3, 0.4) is 0 Å². The maximum atomic E-state index is 6.53. The fourth-order valence-electron chi connectivity index (χ4n) is 3.67. The minimum Gasteiger partial charge on any atom is -0.496 e. The van der Waals surface area contributed by atoms with E-state index in [0.29, 0.717) is 5.92 Å². The van der Waals surface area contributed by atoms with Crippen LogP contribution in [0.4, 0.5) is 0 Å². The first kappa shape index (κ1) is 13.9. The first-order valence-electron chi connectivity index (χ1n) is 7.68. The standard InChI is InChI=1S/C17H25NO2/c1-12-10-13(4-5-15(12)19-2)16(18)14-6-9-20-17(11-14)7-3-8-17/h4-5,10,14,16H,3,6-9,11,18H2,1-2H3. The molecule has 1 heterocycles. The second kappa shape index (κ2) is 5.38. The predicted molar refractivity (Wildman–Crippen MR) is 79.9 cm³/mol. The lowest BCUT2D eigenvalue weighted by molar-refractivity contribution is -0.146. The molecule has 1 aromatic carbocycles. The van der Waals surface area contributed by atoms with E-state index in [1.807, 2.05) is 6.07 Å². The second-order valence-corrected chi connectivity index (χ2v) is 6.39. The largest absolute Gasteiger partial charge is 0.496 e. The van der Waals surface area contributed by atoms with Gasteiger partial charge in [0.1, 0.15) is 5.75 Å². The lowest BCUT2D eigenvalue weighted by atomic mass is 9.70. The van der Waals surface area contributed by atoms with Crippen molar-refractivity contribution < 1.29 is 9.47 Å². The van der Waals surface area contributed by atoms with Gasteiger partial charge in [0.05, 0.1) is 12.7 Å². The molecule has 2 unspecified atom stereocenters. The number of nitrogens with two attached hydrogens (primary N) is 1. The molecule has 0 radical (unpaired) electrons. The van der Waals surface area contributed by atoms with Gasteiger partial charge in [0.15, 0.2) is 0 Å². The minimum atomic E-state index is 0.112. The third-order valence-corrected chi connectivity index (χ3v) is 5.11. The van der Waals surface area contributed by atoms with E-state index in [0.717, 1.165) is 30.8 Å². The van der Waals surface area contributed by atoms with E-state index in [4.69, 9.17) is 15.2 Å². The number of hydrogen-bond donors (Lipinski definition) is 1. The normalized spacial score (nSPS) is 26.1. The number of methoxy groups -OCH3 is 1. The Kier molecular flexibility index (Phi) is 3.74. The van der Waals surface area contributed by atoms with Crippen LogP contribution in [0.5, 0.6) is 5.75 Å². The topological polar surface area (TPSA) is 44.5 Å². The average molecular weight is 275 g/mol. The van der Waals surface area contributed by atoms with Crippen molar-refractivity contribution in [2.75, 3.05) is 13.7 Å². The van der Waals surface area contributed by atoms with Crippen LogP contribution in [0, 0.1) is 12.8 Å². The van der Waals surface area contributed by atoms with Gasteiger partial charge in [-0.1, -0.05) is 12.1 Å². The van der Waals surface area contributed by atoms with Gasteiger partial charge >= 0.3 is 0 Å². The maximum absolute atomic E-state index is 6.53. The van der Waals surface area contributed by atoms with E-state index in [1.165, 1.54) is 24.8 Å². The monoisotopic (exact) mass is 275 g/mol. The Bertz CT molecular complexity index is 482. The molecule has 2 N–H and O–H groups in total. The summed E-state index contributed by atoms with van der Waals surface area (Å²) in [5.41, 5.74) is 9.09. The Morgan fingerprint density at radius 2 is 2.20 bits per heavy atom. The molecule has 0 aromatic heterocycles. The van der Waals surface area contributed by atoms with Gasteiger partial charge in [-0.25, -0.2) is 0 Å². The molecule has 1 saturated heterocycles. The molecule has 2 fully saturated rings. The maximum Gasteiger partial charge on any atom is 0.121 e. The van der Waals surface area contributed by atoms with Crippen LogP contribution >= 0.6 is 0 Å². The lowest BCUT2D eigenvalue weighted by Gasteiger charge is -2.48. The van der Waals surface area contributed by atoms with Gasteiger partial charge in [-0.3, -0.25) is 0 Å². The molecule has 3 rings (SSSR count). The van der Waals surface area contributed by atoms with Crippen LogP contribution in [0.25, 0.3) is 0 Å². The van der Waals surface area contributed by atoms with Crippen molar-refractivity contribution >= 4 is 0 Å². The van der Waals surface area contributed by atoms with Crippen molar-refractivity contribution in [3.8, 4) is 5.75 Å². The van der Waals surface area contributed by atoms with Crippen LogP contribution in [0.2, 0.25) is 0 Å². The van der Waals surface area contributed by atoms with E-state index in [9.17, 15) is 0 Å². The summed E-state index contributed by atoms with van der Waals surface area (Å²) in [5.74, 6) is 1.47. The highest BCUT2D eigenvalue weighted by Crippen LogP contribution is 2.46. The van der Waals surface area contributed by atoms with Crippen molar-refractivity contribution in [1.82, 2.24) is 0 Å². The molecule has 3 heteroatoms. The van der Waals surface area contributed by atoms with E-state index in [-0.39, 0.29) is 11.6 Å². The van der Waals surface area contributed by atoms with Gasteiger partial charge in [0, 0.05) is 12.6 Å². The Morgan fingerprint density at radius 3 is 2.80 bits per heavy atom. The number of benzene rings is 1. The summed E-state index contributed by atoms with van der Waals surface area (Å²) >= 11 is 0. The summed E-state index contributed by atoms with van der Waals surface area (Å²) in [7, 11) is 1.71. The summed E-state index contributed by atoms with van der Waals surface area (Å²) < 4.78 is 11.3. The van der Waals surface area contributed by atoms with Gasteiger partial charge in [-0.05, 0) is 62.1 Å². The first-order chi connectivity index (χ1) is 9.63. The quantitative estimate of drug-likeness (QED) is 0.920. The third kappa shape index (κ3) is 2.45. The molecular formula is C17H25NO2. The molecule has 0 amide bonds. The minimum absolute atomic E-state index is 0.112. The van der Waals surface area contributed by atoms with Gasteiger partial charge < -0.3 is 15.2 Å². The van der Waals surface area contributed by atoms with Crippen molar-refractivity contribution in [2.24, 2.45) is 11.7 Å². The fourth-order valence-corrected chi connectivity index (χ4v) is 3.67. The van der Waals surface area contributed by atoms with Crippen LogP contribution < -0.4 is 10.5 Å². The molecule has 1 spiro atoms. The SMILES string of the molecule is COc1ccc(C(N)C2CCOC3(CCC3)C2)cc1C. The smallest absolute Gasteiger partial charge is 0.121 e. The van der Waals surface area contributed by atoms with E-state index in [1.54, 1.807) is 7.11 Å². The second-order valence-electron chi connectivity index (χ2n) is 6.39. The van der Waals surface area contributed by atoms with E-state index < -0.39 is 0 Å². The van der Waals surface area contributed by atoms with Crippen LogP contribution in [0.1, 0.15) is 49.3 Å². The highest BCUT2D eigenvalue weighted by molar-refractivity contribution is 5.37. The Labute approximate surface area is 121 Å². The molecule has 20 heavy (non-hydrogen) atoms. The molecule has 3 nitrogen and oxygen atoms in total. The molecule has 2 atom stereocenters. The van der Waals surface area contributed by atoms with Gasteiger partial charge in [0.25, 0.3) is 0 Å². The van der Waals surface area contributed by atoms with Crippen molar-refractivity contribution in [1.29, 1.82) is 0 Å². The van der Waals surface area contributed by atoms with Crippen LogP contribution in [0.15, 0.2) is 18.2 Å². The molecule has 0 bridgehead atoms. The zero-order valence-corrected chi connectivity index (χ0v) is 12.5. The molecule has 2 aliphatic rings. The molecule has 1 aliphatic carbocycles. The highest BCUT2D eigenvalue weighted by Gasteiger charge is 2.43. The lowest BCUT2D eigenvalue weighted by Crippen LogP contribution is -2.47. The summed E-state index contributed by atoms with van der Waals surface area (Å²) in [6, 6.07) is 6.43. The number of hydrogen-bond acceptors (Lipinski definition) is 3. The summed E-state index contributed by atoms with van der Waals surface area (Å²) in [5, 5.41) is 0. The summed E-state index contributed by atoms with van der Waals surface area (Å²) in [6.07, 6.45) is 5.95. The highest BCUT2D eigenvalue weighted by atomic mass is 16.5. The van der Waals surface area contributed by atoms with Crippen molar-refractivity contribution in [3.63, 3.8) is 0 Å².